The van der Waals surface area contributed by atoms with Gasteiger partial charge < -0.3 is 9.64 Å². The second kappa shape index (κ2) is 12.3. The molecule has 3 aromatic rings. The molecule has 2 aromatic carbocycles. The summed E-state index contributed by atoms with van der Waals surface area (Å²) >= 11 is 1.30. The highest BCUT2D eigenvalue weighted by Gasteiger charge is 2.13. The van der Waals surface area contributed by atoms with E-state index < -0.39 is 5.82 Å². The predicted octanol–water partition coefficient (Wildman–Crippen LogP) is 8.16. The molecule has 5 nitrogen and oxygen atoms in total. The molecule has 0 unspecified atom stereocenters. The molecule has 174 valence electrons. The molecule has 0 aliphatic carbocycles. The molecular formula is C26H30FN3O2S. The van der Waals surface area contributed by atoms with Crippen molar-refractivity contribution < 1.29 is 13.9 Å². The summed E-state index contributed by atoms with van der Waals surface area (Å²) in [6.07, 6.45) is 5.52. The Balaban J connectivity index is 1.59. The number of anilines is 1. The SMILES string of the molecule is CCCCCCCOC(=O)c1ccc(-c2ccc(N=Nc3ccc(N(C)C)cc3)c(F)c2)s1. The molecule has 0 amide bonds. The van der Waals surface area contributed by atoms with E-state index in [4.69, 9.17) is 4.74 Å². The first-order chi connectivity index (χ1) is 16.0. The van der Waals surface area contributed by atoms with E-state index in [-0.39, 0.29) is 11.7 Å². The molecule has 0 saturated heterocycles. The van der Waals surface area contributed by atoms with E-state index >= 15 is 0 Å². The number of halogens is 1. The predicted molar refractivity (Wildman–Crippen MR) is 134 cm³/mol. The quantitative estimate of drug-likeness (QED) is 0.162. The van der Waals surface area contributed by atoms with Crippen LogP contribution in [-0.4, -0.2) is 26.7 Å². The van der Waals surface area contributed by atoms with Crippen LogP contribution in [0.2, 0.25) is 0 Å². The van der Waals surface area contributed by atoms with Crippen LogP contribution in [0.15, 0.2) is 64.8 Å². The van der Waals surface area contributed by atoms with Crippen LogP contribution in [0.4, 0.5) is 21.5 Å². The maximum Gasteiger partial charge on any atom is 0.348 e. The third kappa shape index (κ3) is 7.22. The van der Waals surface area contributed by atoms with E-state index in [1.807, 2.05) is 49.3 Å². The lowest BCUT2D eigenvalue weighted by Gasteiger charge is -2.11. The van der Waals surface area contributed by atoms with Gasteiger partial charge in [0.2, 0.25) is 0 Å². The van der Waals surface area contributed by atoms with Crippen LogP contribution in [0.3, 0.4) is 0 Å². The Labute approximate surface area is 198 Å². The number of hydrogen-bond acceptors (Lipinski definition) is 6. The lowest BCUT2D eigenvalue weighted by molar-refractivity contribution is 0.0503. The number of hydrogen-bond donors (Lipinski definition) is 0. The molecule has 1 heterocycles. The van der Waals surface area contributed by atoms with Gasteiger partial charge in [-0.25, -0.2) is 9.18 Å². The highest BCUT2D eigenvalue weighted by Crippen LogP contribution is 2.32. The minimum atomic E-state index is -0.467. The number of carbonyl (C=O) groups excluding carboxylic acids is 1. The van der Waals surface area contributed by atoms with Crippen molar-refractivity contribution in [1.82, 2.24) is 0 Å². The monoisotopic (exact) mass is 467 g/mol. The van der Waals surface area contributed by atoms with Gasteiger partial charge in [0.15, 0.2) is 5.82 Å². The summed E-state index contributed by atoms with van der Waals surface area (Å²) < 4.78 is 20.0. The van der Waals surface area contributed by atoms with E-state index in [1.54, 1.807) is 18.2 Å². The summed E-state index contributed by atoms with van der Waals surface area (Å²) in [6, 6.07) is 15.9. The van der Waals surface area contributed by atoms with Gasteiger partial charge in [0.25, 0.3) is 0 Å². The third-order valence-electron chi connectivity index (χ3n) is 5.16. The Hall–Kier alpha value is -3.06. The molecule has 0 aliphatic heterocycles. The number of thiophene rings is 1. The fourth-order valence-electron chi connectivity index (χ4n) is 3.21. The standard InChI is InChI=1S/C26H30FN3O2S/c1-4-5-6-7-8-17-32-26(31)25-16-15-24(33-25)19-9-14-23(22(27)18-19)29-28-20-10-12-21(13-11-20)30(2)3/h9-16,18H,4-8,17H2,1-3H3. The molecule has 0 N–H and O–H groups in total. The molecule has 0 spiro atoms. The molecule has 0 radical (unpaired) electrons. The molecule has 0 bridgehead atoms. The van der Waals surface area contributed by atoms with Crippen LogP contribution < -0.4 is 4.90 Å². The van der Waals surface area contributed by atoms with Gasteiger partial charge in [-0.15, -0.1) is 16.5 Å². The number of benzene rings is 2. The van der Waals surface area contributed by atoms with Gasteiger partial charge >= 0.3 is 5.97 Å². The summed E-state index contributed by atoms with van der Waals surface area (Å²) in [4.78, 5) is 15.6. The highest BCUT2D eigenvalue weighted by molar-refractivity contribution is 7.17. The van der Waals surface area contributed by atoms with E-state index in [9.17, 15) is 9.18 Å². The van der Waals surface area contributed by atoms with Crippen LogP contribution in [-0.2, 0) is 4.74 Å². The fraction of sp³-hybridized carbons (Fsp3) is 0.346. The number of rotatable bonds is 11. The van der Waals surface area contributed by atoms with Crippen molar-refractivity contribution in [3.8, 4) is 10.4 Å². The van der Waals surface area contributed by atoms with Gasteiger partial charge in [0, 0.05) is 24.7 Å². The van der Waals surface area contributed by atoms with E-state index in [1.165, 1.54) is 36.7 Å². The average Bonchev–Trinajstić information content (AvgIpc) is 3.31. The highest BCUT2D eigenvalue weighted by atomic mass is 32.1. The number of carbonyl (C=O) groups is 1. The Morgan fingerprint density at radius 3 is 2.42 bits per heavy atom. The molecule has 1 aromatic heterocycles. The molecule has 0 atom stereocenters. The topological polar surface area (TPSA) is 54.3 Å². The van der Waals surface area contributed by atoms with E-state index in [2.05, 4.69) is 17.2 Å². The molecule has 3 rings (SSSR count). The average molecular weight is 468 g/mol. The Bertz CT molecular complexity index is 1080. The summed E-state index contributed by atoms with van der Waals surface area (Å²) in [6.45, 7) is 2.60. The second-order valence-electron chi connectivity index (χ2n) is 7.99. The number of azo groups is 1. The van der Waals surface area contributed by atoms with Crippen molar-refractivity contribution in [1.29, 1.82) is 0 Å². The smallest absolute Gasteiger partial charge is 0.348 e. The first-order valence-corrected chi connectivity index (χ1v) is 12.1. The van der Waals surface area contributed by atoms with E-state index in [0.717, 1.165) is 23.4 Å². The van der Waals surface area contributed by atoms with Gasteiger partial charge in [0.1, 0.15) is 10.6 Å². The molecule has 0 saturated carbocycles. The first kappa shape index (κ1) is 24.6. The maximum atomic E-state index is 14.6. The molecule has 33 heavy (non-hydrogen) atoms. The van der Waals surface area contributed by atoms with Crippen LogP contribution in [0.5, 0.6) is 0 Å². The van der Waals surface area contributed by atoms with Gasteiger partial charge in [0.05, 0.1) is 12.3 Å². The van der Waals surface area contributed by atoms with Crippen molar-refractivity contribution in [2.45, 2.75) is 39.0 Å². The summed E-state index contributed by atoms with van der Waals surface area (Å²) in [5, 5.41) is 8.17. The number of esters is 1. The Kier molecular flexibility index (Phi) is 9.13. The summed E-state index contributed by atoms with van der Waals surface area (Å²) in [5.74, 6) is -0.793. The van der Waals surface area contributed by atoms with Crippen molar-refractivity contribution >= 4 is 34.4 Å². The normalized spacial score (nSPS) is 11.2. The largest absolute Gasteiger partial charge is 0.462 e. The Morgan fingerprint density at radius 1 is 0.970 bits per heavy atom. The number of ether oxygens (including phenoxy) is 1. The lowest BCUT2D eigenvalue weighted by atomic mass is 10.1. The Morgan fingerprint density at radius 2 is 1.73 bits per heavy atom. The van der Waals surface area contributed by atoms with Gasteiger partial charge in [-0.2, -0.15) is 5.11 Å². The van der Waals surface area contributed by atoms with Crippen LogP contribution >= 0.6 is 11.3 Å². The van der Waals surface area contributed by atoms with Gasteiger partial charge in [-0.3, -0.25) is 0 Å². The zero-order valence-corrected chi connectivity index (χ0v) is 20.2. The van der Waals surface area contributed by atoms with Crippen molar-refractivity contribution in [2.75, 3.05) is 25.6 Å². The van der Waals surface area contributed by atoms with Gasteiger partial charge in [-0.05, 0) is 60.5 Å². The molecule has 0 fully saturated rings. The fourth-order valence-corrected chi connectivity index (χ4v) is 4.11. The minimum absolute atomic E-state index is 0.162. The van der Waals surface area contributed by atoms with Crippen LogP contribution in [0.25, 0.3) is 10.4 Å². The summed E-state index contributed by atoms with van der Waals surface area (Å²) in [5.41, 5.74) is 2.55. The molecular weight excluding hydrogens is 437 g/mol. The summed E-state index contributed by atoms with van der Waals surface area (Å²) in [7, 11) is 3.92. The molecule has 0 aliphatic rings. The number of nitrogens with zero attached hydrogens (tertiary/aromatic N) is 3. The van der Waals surface area contributed by atoms with Crippen molar-refractivity contribution in [2.24, 2.45) is 10.2 Å². The zero-order chi connectivity index (χ0) is 23.6. The zero-order valence-electron chi connectivity index (χ0n) is 19.4. The van der Waals surface area contributed by atoms with Crippen molar-refractivity contribution in [3.05, 3.63) is 65.3 Å². The minimum Gasteiger partial charge on any atom is -0.462 e. The van der Waals surface area contributed by atoms with Crippen LogP contribution in [0.1, 0.15) is 48.7 Å². The third-order valence-corrected chi connectivity index (χ3v) is 6.27. The maximum absolute atomic E-state index is 14.6. The van der Waals surface area contributed by atoms with Crippen LogP contribution in [0, 0.1) is 5.82 Å². The van der Waals surface area contributed by atoms with Crippen molar-refractivity contribution in [3.63, 3.8) is 0 Å². The molecule has 7 heteroatoms. The first-order valence-electron chi connectivity index (χ1n) is 11.2. The lowest BCUT2D eigenvalue weighted by Crippen LogP contribution is -2.07. The van der Waals surface area contributed by atoms with E-state index in [0.29, 0.717) is 22.7 Å². The van der Waals surface area contributed by atoms with Gasteiger partial charge in [-0.1, -0.05) is 38.7 Å². The second-order valence-corrected chi connectivity index (χ2v) is 9.07. The number of unbranched alkanes of at least 4 members (excludes halogenated alkanes) is 4.